The molecule has 1 rings (SSSR count). The van der Waals surface area contributed by atoms with E-state index in [9.17, 15) is 0 Å². The quantitative estimate of drug-likeness (QED) is 0.721. The molecule has 0 spiro atoms. The molecule has 0 saturated heterocycles. The van der Waals surface area contributed by atoms with E-state index in [2.05, 4.69) is 29.2 Å². The maximum atomic E-state index is 4.34. The minimum atomic E-state index is 0.354. The molecule has 2 nitrogen and oxygen atoms in total. The Morgan fingerprint density at radius 1 is 1.83 bits per heavy atom. The predicted molar refractivity (Wildman–Crippen MR) is 53.3 cm³/mol. The second-order valence-corrected chi connectivity index (χ2v) is 3.83. The predicted octanol–water partition coefficient (Wildman–Crippen LogP) is 2.12. The SMILES string of the molecule is C=CC(C)NCc1csc(C)n1. The van der Waals surface area contributed by atoms with Crippen LogP contribution in [-0.4, -0.2) is 11.0 Å². The molecule has 1 aromatic rings. The summed E-state index contributed by atoms with van der Waals surface area (Å²) in [5.41, 5.74) is 1.12. The first-order valence-electron chi connectivity index (χ1n) is 3.99. The van der Waals surface area contributed by atoms with E-state index in [-0.39, 0.29) is 0 Å². The lowest BCUT2D eigenvalue weighted by Gasteiger charge is -2.05. The molecule has 1 unspecified atom stereocenters. The molecule has 1 N–H and O–H groups in total. The van der Waals surface area contributed by atoms with Crippen LogP contribution in [0.3, 0.4) is 0 Å². The Labute approximate surface area is 77.3 Å². The monoisotopic (exact) mass is 182 g/mol. The lowest BCUT2D eigenvalue weighted by molar-refractivity contribution is 0.626. The van der Waals surface area contributed by atoms with Gasteiger partial charge in [-0.1, -0.05) is 6.08 Å². The highest BCUT2D eigenvalue weighted by atomic mass is 32.1. The summed E-state index contributed by atoms with van der Waals surface area (Å²) in [5, 5.41) is 6.49. The summed E-state index contributed by atoms with van der Waals surface area (Å²) in [6.07, 6.45) is 1.89. The van der Waals surface area contributed by atoms with Crippen LogP contribution in [0.25, 0.3) is 0 Å². The minimum absolute atomic E-state index is 0.354. The Bertz CT molecular complexity index is 255. The maximum Gasteiger partial charge on any atom is 0.0897 e. The Balaban J connectivity index is 2.37. The molecule has 1 atom stereocenters. The van der Waals surface area contributed by atoms with Gasteiger partial charge in [0.2, 0.25) is 0 Å². The molecule has 0 aliphatic rings. The van der Waals surface area contributed by atoms with Crippen LogP contribution in [0, 0.1) is 6.92 Å². The molecule has 0 aromatic carbocycles. The molecule has 0 bridgehead atoms. The topological polar surface area (TPSA) is 24.9 Å². The van der Waals surface area contributed by atoms with Gasteiger partial charge in [-0.25, -0.2) is 4.98 Å². The van der Waals surface area contributed by atoms with Gasteiger partial charge >= 0.3 is 0 Å². The normalized spacial score (nSPS) is 12.8. The highest BCUT2D eigenvalue weighted by molar-refractivity contribution is 7.09. The average molecular weight is 182 g/mol. The highest BCUT2D eigenvalue weighted by Crippen LogP contribution is 2.07. The van der Waals surface area contributed by atoms with Gasteiger partial charge in [0, 0.05) is 18.0 Å². The van der Waals surface area contributed by atoms with Crippen LogP contribution in [0.1, 0.15) is 17.6 Å². The molecule has 66 valence electrons. The Kier molecular flexibility index (Phi) is 3.44. The van der Waals surface area contributed by atoms with Gasteiger partial charge in [0.25, 0.3) is 0 Å². The van der Waals surface area contributed by atoms with Crippen molar-refractivity contribution < 1.29 is 0 Å². The first-order valence-corrected chi connectivity index (χ1v) is 4.87. The van der Waals surface area contributed by atoms with Crippen LogP contribution in [0.4, 0.5) is 0 Å². The van der Waals surface area contributed by atoms with Crippen molar-refractivity contribution in [2.24, 2.45) is 0 Å². The van der Waals surface area contributed by atoms with Crippen LogP contribution < -0.4 is 5.32 Å². The molecule has 1 heterocycles. The molecule has 0 amide bonds. The van der Waals surface area contributed by atoms with Crippen molar-refractivity contribution in [1.29, 1.82) is 0 Å². The van der Waals surface area contributed by atoms with Gasteiger partial charge in [0.05, 0.1) is 10.7 Å². The zero-order valence-corrected chi connectivity index (χ0v) is 8.32. The van der Waals surface area contributed by atoms with Crippen LogP contribution in [0.15, 0.2) is 18.0 Å². The third-order valence-electron chi connectivity index (χ3n) is 1.63. The molecule has 0 radical (unpaired) electrons. The third kappa shape index (κ3) is 2.75. The van der Waals surface area contributed by atoms with E-state index in [1.807, 2.05) is 13.0 Å². The van der Waals surface area contributed by atoms with E-state index >= 15 is 0 Å². The van der Waals surface area contributed by atoms with Crippen molar-refractivity contribution >= 4 is 11.3 Å². The minimum Gasteiger partial charge on any atom is -0.305 e. The number of rotatable bonds is 4. The van der Waals surface area contributed by atoms with E-state index in [1.54, 1.807) is 11.3 Å². The molecular weight excluding hydrogens is 168 g/mol. The van der Waals surface area contributed by atoms with E-state index in [1.165, 1.54) is 0 Å². The number of aryl methyl sites for hydroxylation is 1. The van der Waals surface area contributed by atoms with E-state index in [0.717, 1.165) is 17.2 Å². The van der Waals surface area contributed by atoms with Gasteiger partial charge in [0.1, 0.15) is 0 Å². The largest absolute Gasteiger partial charge is 0.305 e. The van der Waals surface area contributed by atoms with E-state index in [0.29, 0.717) is 6.04 Å². The van der Waals surface area contributed by atoms with Crippen molar-refractivity contribution in [1.82, 2.24) is 10.3 Å². The van der Waals surface area contributed by atoms with Gasteiger partial charge in [0.15, 0.2) is 0 Å². The molecule has 12 heavy (non-hydrogen) atoms. The molecule has 0 fully saturated rings. The second-order valence-electron chi connectivity index (χ2n) is 2.76. The van der Waals surface area contributed by atoms with Crippen molar-refractivity contribution in [3.05, 3.63) is 28.7 Å². The smallest absolute Gasteiger partial charge is 0.0897 e. The molecule has 3 heteroatoms. The third-order valence-corrected chi connectivity index (χ3v) is 2.45. The molecule has 0 aliphatic carbocycles. The van der Waals surface area contributed by atoms with Gasteiger partial charge in [-0.3, -0.25) is 0 Å². The molecule has 0 aliphatic heterocycles. The standard InChI is InChI=1S/C9H14N2S/c1-4-7(2)10-5-9-6-12-8(3)11-9/h4,6-7,10H,1,5H2,2-3H3. The zero-order valence-electron chi connectivity index (χ0n) is 7.50. The fraction of sp³-hybridized carbons (Fsp3) is 0.444. The van der Waals surface area contributed by atoms with Crippen molar-refractivity contribution in [3.63, 3.8) is 0 Å². The lowest BCUT2D eigenvalue weighted by Crippen LogP contribution is -2.22. The number of hydrogen-bond acceptors (Lipinski definition) is 3. The summed E-state index contributed by atoms with van der Waals surface area (Å²) in [6, 6.07) is 0.354. The molecular formula is C9H14N2S. The number of nitrogens with zero attached hydrogens (tertiary/aromatic N) is 1. The Hall–Kier alpha value is -0.670. The van der Waals surface area contributed by atoms with Crippen LogP contribution in [-0.2, 0) is 6.54 Å². The van der Waals surface area contributed by atoms with Crippen molar-refractivity contribution in [3.8, 4) is 0 Å². The van der Waals surface area contributed by atoms with Gasteiger partial charge < -0.3 is 5.32 Å². The maximum absolute atomic E-state index is 4.34. The van der Waals surface area contributed by atoms with E-state index in [4.69, 9.17) is 0 Å². The Morgan fingerprint density at radius 2 is 2.58 bits per heavy atom. The average Bonchev–Trinajstić information content (AvgIpc) is 2.47. The molecule has 0 saturated carbocycles. The number of aromatic nitrogens is 1. The zero-order chi connectivity index (χ0) is 8.97. The van der Waals surface area contributed by atoms with Crippen LogP contribution in [0.2, 0.25) is 0 Å². The number of nitrogens with one attached hydrogen (secondary N) is 1. The summed E-state index contributed by atoms with van der Waals surface area (Å²) in [5.74, 6) is 0. The summed E-state index contributed by atoms with van der Waals surface area (Å²) in [6.45, 7) is 8.62. The van der Waals surface area contributed by atoms with Gasteiger partial charge in [-0.2, -0.15) is 0 Å². The first-order chi connectivity index (χ1) is 5.72. The summed E-state index contributed by atoms with van der Waals surface area (Å²) < 4.78 is 0. The number of thiazole rings is 1. The Morgan fingerprint density at radius 3 is 3.08 bits per heavy atom. The second kappa shape index (κ2) is 4.38. The van der Waals surface area contributed by atoms with Crippen LogP contribution in [0.5, 0.6) is 0 Å². The molecule has 1 aromatic heterocycles. The van der Waals surface area contributed by atoms with Gasteiger partial charge in [-0.15, -0.1) is 17.9 Å². The summed E-state index contributed by atoms with van der Waals surface area (Å²) in [4.78, 5) is 4.34. The first kappa shape index (κ1) is 9.42. The fourth-order valence-corrected chi connectivity index (χ4v) is 1.45. The summed E-state index contributed by atoms with van der Waals surface area (Å²) in [7, 11) is 0. The summed E-state index contributed by atoms with van der Waals surface area (Å²) >= 11 is 1.69. The van der Waals surface area contributed by atoms with E-state index < -0.39 is 0 Å². The highest BCUT2D eigenvalue weighted by Gasteiger charge is 1.99. The van der Waals surface area contributed by atoms with Crippen molar-refractivity contribution in [2.45, 2.75) is 26.4 Å². The number of hydrogen-bond donors (Lipinski definition) is 1. The van der Waals surface area contributed by atoms with Crippen LogP contribution >= 0.6 is 11.3 Å². The fourth-order valence-electron chi connectivity index (χ4n) is 0.838. The lowest BCUT2D eigenvalue weighted by atomic mass is 10.3. The van der Waals surface area contributed by atoms with Crippen molar-refractivity contribution in [2.75, 3.05) is 0 Å². The van der Waals surface area contributed by atoms with Gasteiger partial charge in [-0.05, 0) is 13.8 Å².